The van der Waals surface area contributed by atoms with Crippen LogP contribution in [-0.2, 0) is 0 Å². The van der Waals surface area contributed by atoms with E-state index < -0.39 is 0 Å². The highest BCUT2D eigenvalue weighted by Gasteiger charge is 2.17. The van der Waals surface area contributed by atoms with Crippen molar-refractivity contribution in [3.63, 3.8) is 0 Å². The number of nitriles is 1. The van der Waals surface area contributed by atoms with Crippen LogP contribution in [0.5, 0.6) is 0 Å². The average molecular weight is 260 g/mol. The van der Waals surface area contributed by atoms with Crippen molar-refractivity contribution in [3.05, 3.63) is 35.4 Å². The normalized spacial score (nSPS) is 14.7. The van der Waals surface area contributed by atoms with Crippen molar-refractivity contribution in [3.8, 4) is 6.07 Å². The summed E-state index contributed by atoms with van der Waals surface area (Å²) in [6.07, 6.45) is 0.423. The van der Waals surface area contributed by atoms with E-state index in [0.29, 0.717) is 12.1 Å². The van der Waals surface area contributed by atoms with Gasteiger partial charge in [-0.2, -0.15) is 5.26 Å². The molecule has 0 radical (unpaired) electrons. The molecule has 3 heteroatoms. The van der Waals surface area contributed by atoms with E-state index in [9.17, 15) is 5.11 Å². The minimum absolute atomic E-state index is 0.128. The summed E-state index contributed by atoms with van der Waals surface area (Å²) in [7, 11) is 0. The maximum atomic E-state index is 9.97. The number of hydrogen-bond donors (Lipinski definition) is 2. The first-order valence-electron chi connectivity index (χ1n) is 6.73. The molecule has 104 valence electrons. The summed E-state index contributed by atoms with van der Waals surface area (Å²) < 4.78 is 0. The highest BCUT2D eigenvalue weighted by atomic mass is 16.3. The molecule has 0 amide bonds. The van der Waals surface area contributed by atoms with Gasteiger partial charge in [0.05, 0.1) is 17.7 Å². The molecule has 0 aliphatic carbocycles. The fourth-order valence-corrected chi connectivity index (χ4v) is 2.09. The molecule has 2 unspecified atom stereocenters. The van der Waals surface area contributed by atoms with E-state index in [1.165, 1.54) is 0 Å². The summed E-state index contributed by atoms with van der Waals surface area (Å²) in [5.41, 5.74) is 1.87. The number of aliphatic hydroxyl groups is 1. The van der Waals surface area contributed by atoms with Gasteiger partial charge < -0.3 is 10.4 Å². The van der Waals surface area contributed by atoms with Gasteiger partial charge in [-0.25, -0.2) is 0 Å². The van der Waals surface area contributed by atoms with Gasteiger partial charge in [0, 0.05) is 12.6 Å². The average Bonchev–Trinajstić information content (AvgIpc) is 2.34. The number of hydrogen-bond acceptors (Lipinski definition) is 3. The van der Waals surface area contributed by atoms with E-state index in [0.717, 1.165) is 12.0 Å². The third-order valence-electron chi connectivity index (χ3n) is 3.02. The monoisotopic (exact) mass is 260 g/mol. The van der Waals surface area contributed by atoms with Crippen molar-refractivity contribution in [2.24, 2.45) is 5.41 Å². The molecule has 3 nitrogen and oxygen atoms in total. The third kappa shape index (κ3) is 5.87. The number of benzene rings is 1. The lowest BCUT2D eigenvalue weighted by Crippen LogP contribution is -2.31. The molecule has 0 spiro atoms. The minimum Gasteiger partial charge on any atom is -0.392 e. The highest BCUT2D eigenvalue weighted by molar-refractivity contribution is 5.33. The SMILES string of the molecule is CC(NCC(O)CC(C)(C)C)c1cccc(C#N)c1. The van der Waals surface area contributed by atoms with Gasteiger partial charge in [-0.05, 0) is 36.5 Å². The van der Waals surface area contributed by atoms with Gasteiger partial charge in [-0.3, -0.25) is 0 Å². The molecule has 1 rings (SSSR count). The third-order valence-corrected chi connectivity index (χ3v) is 3.02. The Morgan fingerprint density at radius 2 is 2.05 bits per heavy atom. The molecular weight excluding hydrogens is 236 g/mol. The van der Waals surface area contributed by atoms with Crippen molar-refractivity contribution in [1.82, 2.24) is 5.32 Å². The van der Waals surface area contributed by atoms with Crippen molar-refractivity contribution >= 4 is 0 Å². The molecule has 0 saturated heterocycles. The topological polar surface area (TPSA) is 56.0 Å². The Balaban J connectivity index is 2.51. The van der Waals surface area contributed by atoms with Gasteiger partial charge in [-0.15, -0.1) is 0 Å². The largest absolute Gasteiger partial charge is 0.392 e. The first-order chi connectivity index (χ1) is 8.81. The van der Waals surface area contributed by atoms with Crippen LogP contribution in [-0.4, -0.2) is 17.8 Å². The zero-order chi connectivity index (χ0) is 14.5. The van der Waals surface area contributed by atoms with Gasteiger partial charge in [0.1, 0.15) is 0 Å². The van der Waals surface area contributed by atoms with Crippen molar-refractivity contribution in [2.75, 3.05) is 6.54 Å². The van der Waals surface area contributed by atoms with Crippen LogP contribution in [0.1, 0.15) is 51.3 Å². The molecule has 0 aromatic heterocycles. The van der Waals surface area contributed by atoms with Gasteiger partial charge in [-0.1, -0.05) is 32.9 Å². The molecule has 0 aliphatic heterocycles. The van der Waals surface area contributed by atoms with Crippen LogP contribution >= 0.6 is 0 Å². The zero-order valence-electron chi connectivity index (χ0n) is 12.3. The summed E-state index contributed by atoms with van der Waals surface area (Å²) in [6.45, 7) is 8.97. The maximum Gasteiger partial charge on any atom is 0.0991 e. The van der Waals surface area contributed by atoms with Crippen molar-refractivity contribution < 1.29 is 5.11 Å². The highest BCUT2D eigenvalue weighted by Crippen LogP contribution is 2.21. The lowest BCUT2D eigenvalue weighted by atomic mass is 9.89. The van der Waals surface area contributed by atoms with Crippen LogP contribution < -0.4 is 5.32 Å². The van der Waals surface area contributed by atoms with Crippen LogP contribution in [0.3, 0.4) is 0 Å². The molecule has 0 aliphatic rings. The Labute approximate surface area is 116 Å². The minimum atomic E-state index is -0.346. The second kappa shape index (κ2) is 6.70. The smallest absolute Gasteiger partial charge is 0.0991 e. The molecule has 1 aromatic rings. The fourth-order valence-electron chi connectivity index (χ4n) is 2.09. The van der Waals surface area contributed by atoms with E-state index in [-0.39, 0.29) is 17.6 Å². The molecule has 0 heterocycles. The molecule has 0 bridgehead atoms. The second-order valence-corrected chi connectivity index (χ2v) is 6.29. The standard InChI is InChI=1S/C16H24N2O/c1-12(14-7-5-6-13(8-14)10-17)18-11-15(19)9-16(2,3)4/h5-8,12,15,18-19H,9,11H2,1-4H3. The Morgan fingerprint density at radius 3 is 2.63 bits per heavy atom. The molecule has 2 atom stereocenters. The molecule has 0 fully saturated rings. The summed E-state index contributed by atoms with van der Waals surface area (Å²) in [5, 5.41) is 22.2. The van der Waals surface area contributed by atoms with Crippen LogP contribution in [0.4, 0.5) is 0 Å². The Hall–Kier alpha value is -1.37. The van der Waals surface area contributed by atoms with Crippen molar-refractivity contribution in [1.29, 1.82) is 5.26 Å². The first kappa shape index (κ1) is 15.7. The summed E-state index contributed by atoms with van der Waals surface area (Å²) in [6, 6.07) is 9.83. The summed E-state index contributed by atoms with van der Waals surface area (Å²) in [5.74, 6) is 0. The molecule has 19 heavy (non-hydrogen) atoms. The van der Waals surface area contributed by atoms with Crippen molar-refractivity contribution in [2.45, 2.75) is 46.3 Å². The predicted molar refractivity (Wildman–Crippen MR) is 77.7 cm³/mol. The van der Waals surface area contributed by atoms with E-state index in [1.807, 2.05) is 25.1 Å². The lowest BCUT2D eigenvalue weighted by molar-refractivity contribution is 0.117. The van der Waals surface area contributed by atoms with Crippen LogP contribution in [0.25, 0.3) is 0 Å². The predicted octanol–water partition coefficient (Wildman–Crippen LogP) is 3.01. The molecule has 0 saturated carbocycles. The summed E-state index contributed by atoms with van der Waals surface area (Å²) in [4.78, 5) is 0. The fraction of sp³-hybridized carbons (Fsp3) is 0.562. The van der Waals surface area contributed by atoms with Gasteiger partial charge in [0.2, 0.25) is 0 Å². The number of nitrogens with one attached hydrogen (secondary N) is 1. The number of aliphatic hydroxyl groups excluding tert-OH is 1. The van der Waals surface area contributed by atoms with E-state index >= 15 is 0 Å². The van der Waals surface area contributed by atoms with Gasteiger partial charge in [0.15, 0.2) is 0 Å². The Morgan fingerprint density at radius 1 is 1.37 bits per heavy atom. The van der Waals surface area contributed by atoms with E-state index in [1.54, 1.807) is 6.07 Å². The molecule has 1 aromatic carbocycles. The second-order valence-electron chi connectivity index (χ2n) is 6.29. The maximum absolute atomic E-state index is 9.97. The van der Waals surface area contributed by atoms with E-state index in [2.05, 4.69) is 32.2 Å². The van der Waals surface area contributed by atoms with Crippen LogP contribution in [0, 0.1) is 16.7 Å². The molecule has 2 N–H and O–H groups in total. The lowest BCUT2D eigenvalue weighted by Gasteiger charge is -2.24. The quantitative estimate of drug-likeness (QED) is 0.855. The number of nitrogens with zero attached hydrogens (tertiary/aromatic N) is 1. The van der Waals surface area contributed by atoms with Gasteiger partial charge in [0.25, 0.3) is 0 Å². The van der Waals surface area contributed by atoms with E-state index in [4.69, 9.17) is 5.26 Å². The molecular formula is C16H24N2O. The van der Waals surface area contributed by atoms with Crippen LogP contribution in [0.2, 0.25) is 0 Å². The Kier molecular flexibility index (Phi) is 5.53. The Bertz CT molecular complexity index is 443. The van der Waals surface area contributed by atoms with Gasteiger partial charge >= 0.3 is 0 Å². The number of rotatable bonds is 5. The zero-order valence-corrected chi connectivity index (χ0v) is 12.3. The summed E-state index contributed by atoms with van der Waals surface area (Å²) >= 11 is 0. The van der Waals surface area contributed by atoms with Crippen LogP contribution in [0.15, 0.2) is 24.3 Å². The first-order valence-corrected chi connectivity index (χ1v) is 6.73.